The van der Waals surface area contributed by atoms with Crippen LogP contribution < -0.4 is 0 Å². The first-order valence-electron chi connectivity index (χ1n) is 8.88. The third-order valence-electron chi connectivity index (χ3n) is 5.10. The Hall–Kier alpha value is -1.88. The minimum atomic E-state index is -1.09. The van der Waals surface area contributed by atoms with Gasteiger partial charge >= 0.3 is 11.9 Å². The van der Waals surface area contributed by atoms with Crippen molar-refractivity contribution in [3.63, 3.8) is 0 Å². The van der Waals surface area contributed by atoms with Gasteiger partial charge in [-0.15, -0.1) is 0 Å². The van der Waals surface area contributed by atoms with Crippen LogP contribution in [0.15, 0.2) is 35.5 Å². The first-order valence-corrected chi connectivity index (χ1v) is 8.88. The lowest BCUT2D eigenvalue weighted by Gasteiger charge is -2.31. The summed E-state index contributed by atoms with van der Waals surface area (Å²) >= 11 is 0. The highest BCUT2D eigenvalue weighted by Gasteiger charge is 2.46. The predicted octanol–water partition coefficient (Wildman–Crippen LogP) is 3.09. The standard InChI is InChI=1S/C20H28O5/c1-6-12(3)19(22)25-18-13(4)9-7-8-11(2)10-15-16(17(18)21)14(5)20(23)24-15/h9-10,12,15-18,21H,5-8H2,1-4H3. The zero-order chi connectivity index (χ0) is 18.7. The van der Waals surface area contributed by atoms with Crippen molar-refractivity contribution in [3.8, 4) is 0 Å². The molecule has 5 heteroatoms. The molecular formula is C20H28O5. The van der Waals surface area contributed by atoms with Gasteiger partial charge in [0.05, 0.1) is 11.8 Å². The third-order valence-corrected chi connectivity index (χ3v) is 5.10. The average molecular weight is 348 g/mol. The number of ether oxygens (including phenoxy) is 2. The van der Waals surface area contributed by atoms with Gasteiger partial charge in [-0.25, -0.2) is 4.79 Å². The molecule has 2 aliphatic rings. The molecule has 1 N–H and O–H groups in total. The van der Waals surface area contributed by atoms with E-state index in [-0.39, 0.29) is 17.5 Å². The van der Waals surface area contributed by atoms with Crippen molar-refractivity contribution >= 4 is 11.9 Å². The van der Waals surface area contributed by atoms with Crippen LogP contribution in [0, 0.1) is 11.8 Å². The summed E-state index contributed by atoms with van der Waals surface area (Å²) in [5.41, 5.74) is 2.09. The predicted molar refractivity (Wildman–Crippen MR) is 94.6 cm³/mol. The number of esters is 2. The molecule has 1 heterocycles. The van der Waals surface area contributed by atoms with Gasteiger partial charge in [0.25, 0.3) is 0 Å². The summed E-state index contributed by atoms with van der Waals surface area (Å²) in [5, 5.41) is 11.0. The summed E-state index contributed by atoms with van der Waals surface area (Å²) in [6.45, 7) is 11.3. The van der Waals surface area contributed by atoms with Crippen molar-refractivity contribution in [2.75, 3.05) is 0 Å². The van der Waals surface area contributed by atoms with Gasteiger partial charge in [0.15, 0.2) is 0 Å². The maximum Gasteiger partial charge on any atom is 0.334 e. The minimum Gasteiger partial charge on any atom is -0.455 e. The Morgan fingerprint density at radius 2 is 2.16 bits per heavy atom. The number of aliphatic hydroxyl groups is 1. The quantitative estimate of drug-likeness (QED) is 0.482. The van der Waals surface area contributed by atoms with Crippen molar-refractivity contribution in [2.24, 2.45) is 11.8 Å². The van der Waals surface area contributed by atoms with Gasteiger partial charge in [-0.05, 0) is 44.8 Å². The zero-order valence-corrected chi connectivity index (χ0v) is 15.5. The molecule has 0 saturated carbocycles. The summed E-state index contributed by atoms with van der Waals surface area (Å²) in [6, 6.07) is 0. The summed E-state index contributed by atoms with van der Waals surface area (Å²) < 4.78 is 11.0. The van der Waals surface area contributed by atoms with E-state index in [0.717, 1.165) is 24.0 Å². The van der Waals surface area contributed by atoms with Crippen molar-refractivity contribution in [3.05, 3.63) is 35.5 Å². The van der Waals surface area contributed by atoms with Crippen LogP contribution in [0.3, 0.4) is 0 Å². The molecule has 0 aromatic rings. The SMILES string of the molecule is C=C1C(=O)OC2C=C(C)CCC=C(C)C(OC(=O)C(C)CC)C(O)C12. The molecule has 5 nitrogen and oxygen atoms in total. The van der Waals surface area contributed by atoms with Gasteiger partial charge in [-0.3, -0.25) is 4.79 Å². The van der Waals surface area contributed by atoms with Crippen LogP contribution in [0.1, 0.15) is 47.0 Å². The van der Waals surface area contributed by atoms with E-state index in [4.69, 9.17) is 9.47 Å². The number of aliphatic hydroxyl groups excluding tert-OH is 1. The van der Waals surface area contributed by atoms with Gasteiger partial charge in [0, 0.05) is 5.57 Å². The Kier molecular flexibility index (Phi) is 6.22. The number of fused-ring (bicyclic) bond motifs is 1. The van der Waals surface area contributed by atoms with Crippen molar-refractivity contribution in [1.29, 1.82) is 0 Å². The lowest BCUT2D eigenvalue weighted by atomic mass is 9.84. The molecule has 5 unspecified atom stereocenters. The van der Waals surface area contributed by atoms with Gasteiger partial charge < -0.3 is 14.6 Å². The normalized spacial score (nSPS) is 31.4. The minimum absolute atomic E-state index is 0.222. The highest BCUT2D eigenvalue weighted by atomic mass is 16.6. The molecule has 0 radical (unpaired) electrons. The molecular weight excluding hydrogens is 320 g/mol. The molecule has 1 aliphatic heterocycles. The van der Waals surface area contributed by atoms with E-state index < -0.39 is 30.2 Å². The van der Waals surface area contributed by atoms with E-state index in [0.29, 0.717) is 6.42 Å². The van der Waals surface area contributed by atoms with E-state index in [1.165, 1.54) is 0 Å². The second kappa shape index (κ2) is 8.00. The maximum atomic E-state index is 12.3. The first kappa shape index (κ1) is 19.4. The monoisotopic (exact) mass is 348 g/mol. The third kappa shape index (κ3) is 4.21. The van der Waals surface area contributed by atoms with Crippen molar-refractivity contribution in [1.82, 2.24) is 0 Å². The summed E-state index contributed by atoms with van der Waals surface area (Å²) in [4.78, 5) is 24.3. The van der Waals surface area contributed by atoms with Gasteiger partial charge in [-0.2, -0.15) is 0 Å². The number of hydrogen-bond acceptors (Lipinski definition) is 5. The van der Waals surface area contributed by atoms with E-state index in [1.807, 2.05) is 32.9 Å². The van der Waals surface area contributed by atoms with Crippen LogP contribution in [-0.2, 0) is 19.1 Å². The van der Waals surface area contributed by atoms with Crippen molar-refractivity contribution < 1.29 is 24.2 Å². The topological polar surface area (TPSA) is 72.8 Å². The molecule has 1 fully saturated rings. The highest BCUT2D eigenvalue weighted by Crippen LogP contribution is 2.35. The second-order valence-electron chi connectivity index (χ2n) is 7.08. The Morgan fingerprint density at radius 1 is 1.48 bits per heavy atom. The van der Waals surface area contributed by atoms with E-state index >= 15 is 0 Å². The smallest absolute Gasteiger partial charge is 0.334 e. The molecule has 0 aromatic heterocycles. The number of carbonyl (C=O) groups excluding carboxylic acids is 2. The Balaban J connectivity index is 2.37. The molecule has 1 saturated heterocycles. The molecule has 0 aromatic carbocycles. The molecule has 0 bridgehead atoms. The van der Waals surface area contributed by atoms with Gasteiger partial charge in [0.2, 0.25) is 0 Å². The average Bonchev–Trinajstić information content (AvgIpc) is 2.84. The summed E-state index contributed by atoms with van der Waals surface area (Å²) in [5.74, 6) is -1.74. The van der Waals surface area contributed by atoms with Crippen molar-refractivity contribution in [2.45, 2.75) is 65.3 Å². The number of hydrogen-bond donors (Lipinski definition) is 1. The fourth-order valence-corrected chi connectivity index (χ4v) is 3.18. The summed E-state index contributed by atoms with van der Waals surface area (Å²) in [7, 11) is 0. The van der Waals surface area contributed by atoms with Crippen LogP contribution in [0.25, 0.3) is 0 Å². The lowest BCUT2D eigenvalue weighted by molar-refractivity contribution is -0.159. The lowest BCUT2D eigenvalue weighted by Crippen LogP contribution is -2.42. The summed E-state index contributed by atoms with van der Waals surface area (Å²) in [6.07, 6.45) is 3.61. The Morgan fingerprint density at radius 3 is 2.80 bits per heavy atom. The number of rotatable bonds is 3. The number of carbonyl (C=O) groups is 2. The molecule has 0 spiro atoms. The van der Waals surface area contributed by atoms with Crippen LogP contribution in [0.2, 0.25) is 0 Å². The van der Waals surface area contributed by atoms with Gasteiger partial charge in [-0.1, -0.05) is 32.1 Å². The molecule has 25 heavy (non-hydrogen) atoms. The Bertz CT molecular complexity index is 616. The largest absolute Gasteiger partial charge is 0.455 e. The number of allylic oxidation sites excluding steroid dienone is 2. The second-order valence-corrected chi connectivity index (χ2v) is 7.08. The molecule has 138 valence electrons. The van der Waals surface area contributed by atoms with Crippen LogP contribution in [0.5, 0.6) is 0 Å². The molecule has 5 atom stereocenters. The highest BCUT2D eigenvalue weighted by molar-refractivity contribution is 5.91. The van der Waals surface area contributed by atoms with Gasteiger partial charge in [0.1, 0.15) is 18.3 Å². The molecule has 0 amide bonds. The fourth-order valence-electron chi connectivity index (χ4n) is 3.18. The van der Waals surface area contributed by atoms with E-state index in [2.05, 4.69) is 6.58 Å². The van der Waals surface area contributed by atoms with E-state index in [1.54, 1.807) is 6.92 Å². The maximum absolute atomic E-state index is 12.3. The Labute approximate surface area is 149 Å². The van der Waals surface area contributed by atoms with Crippen LogP contribution in [-0.4, -0.2) is 35.4 Å². The van der Waals surface area contributed by atoms with Crippen LogP contribution >= 0.6 is 0 Å². The first-order chi connectivity index (χ1) is 11.8. The van der Waals surface area contributed by atoms with Crippen LogP contribution in [0.4, 0.5) is 0 Å². The zero-order valence-electron chi connectivity index (χ0n) is 15.5. The fraction of sp³-hybridized carbons (Fsp3) is 0.600. The molecule has 1 aliphatic carbocycles. The molecule has 2 rings (SSSR count). The van der Waals surface area contributed by atoms with E-state index in [9.17, 15) is 14.7 Å².